The molecular weight excluding hydrogens is 415 g/mol. The number of rotatable bonds is 11. The highest BCUT2D eigenvalue weighted by molar-refractivity contribution is 6.48. The Kier molecular flexibility index (Phi) is 8.94. The predicted molar refractivity (Wildman–Crippen MR) is 121 cm³/mol. The zero-order chi connectivity index (χ0) is 23.9. The number of carbonyl (C=O) groups is 2. The van der Waals surface area contributed by atoms with E-state index in [0.717, 1.165) is 24.2 Å². The lowest BCUT2D eigenvalue weighted by Gasteiger charge is -2.32. The smallest absolute Gasteiger partial charge is 0.481 e. The number of nitrogens with one attached hydrogen (secondary N) is 2. The van der Waals surface area contributed by atoms with Crippen LogP contribution in [0.25, 0.3) is 0 Å². The Morgan fingerprint density at radius 2 is 1.78 bits per heavy atom. The SMILES string of the molecule is COCC(NC(=O)O)C(=O)N[C@@H](CCCc1cccc(OC)c1)B1OC(C)(C)C(C)(C)O1. The van der Waals surface area contributed by atoms with Crippen LogP contribution in [0.5, 0.6) is 5.75 Å². The molecule has 0 spiro atoms. The van der Waals surface area contributed by atoms with Crippen molar-refractivity contribution in [3.63, 3.8) is 0 Å². The number of hydrogen-bond acceptors (Lipinski definition) is 6. The van der Waals surface area contributed by atoms with Gasteiger partial charge in [-0.1, -0.05) is 12.1 Å². The van der Waals surface area contributed by atoms with E-state index < -0.39 is 42.3 Å². The number of aryl methyl sites for hydroxylation is 1. The summed E-state index contributed by atoms with van der Waals surface area (Å²) in [7, 11) is 2.37. The number of benzene rings is 1. The van der Waals surface area contributed by atoms with Crippen LogP contribution in [0.4, 0.5) is 4.79 Å². The monoisotopic (exact) mass is 450 g/mol. The zero-order valence-electron chi connectivity index (χ0n) is 19.8. The van der Waals surface area contributed by atoms with E-state index in [-0.39, 0.29) is 6.61 Å². The molecule has 1 fully saturated rings. The Morgan fingerprint density at radius 1 is 1.12 bits per heavy atom. The average Bonchev–Trinajstić information content (AvgIpc) is 2.93. The van der Waals surface area contributed by atoms with Gasteiger partial charge in [0.05, 0.1) is 30.9 Å². The van der Waals surface area contributed by atoms with Gasteiger partial charge in [0.25, 0.3) is 0 Å². The van der Waals surface area contributed by atoms with Gasteiger partial charge in [-0.25, -0.2) is 4.79 Å². The molecule has 1 aromatic carbocycles. The van der Waals surface area contributed by atoms with Gasteiger partial charge in [-0.05, 0) is 64.7 Å². The molecule has 32 heavy (non-hydrogen) atoms. The van der Waals surface area contributed by atoms with Gasteiger partial charge in [-0.2, -0.15) is 0 Å². The largest absolute Gasteiger partial charge is 0.497 e. The van der Waals surface area contributed by atoms with Crippen molar-refractivity contribution in [2.24, 2.45) is 0 Å². The first-order chi connectivity index (χ1) is 15.0. The van der Waals surface area contributed by atoms with Gasteiger partial charge >= 0.3 is 13.2 Å². The van der Waals surface area contributed by atoms with Gasteiger partial charge in [0.1, 0.15) is 11.8 Å². The molecule has 1 saturated heterocycles. The molecule has 9 nitrogen and oxygen atoms in total. The van der Waals surface area contributed by atoms with E-state index in [1.807, 2.05) is 52.0 Å². The summed E-state index contributed by atoms with van der Waals surface area (Å²) in [6.07, 6.45) is 0.806. The highest BCUT2D eigenvalue weighted by Crippen LogP contribution is 2.38. The van der Waals surface area contributed by atoms with E-state index in [0.29, 0.717) is 6.42 Å². The summed E-state index contributed by atoms with van der Waals surface area (Å²) in [6, 6.07) is 6.79. The minimum Gasteiger partial charge on any atom is -0.497 e. The Morgan fingerprint density at radius 3 is 2.34 bits per heavy atom. The van der Waals surface area contributed by atoms with E-state index in [2.05, 4.69) is 10.6 Å². The average molecular weight is 450 g/mol. The first-order valence-electron chi connectivity index (χ1n) is 10.8. The number of ether oxygens (including phenoxy) is 2. The molecule has 1 aliphatic rings. The van der Waals surface area contributed by atoms with Crippen LogP contribution in [0.3, 0.4) is 0 Å². The lowest BCUT2D eigenvalue weighted by molar-refractivity contribution is -0.124. The standard InChI is InChI=1S/C22H35BN2O7/c1-21(2)22(3,4)32-23(31-21)18(25-19(26)17(14-29-5)24-20(27)28)12-8-10-15-9-7-11-16(13-15)30-6/h7,9,11,13,17-18,24H,8,10,12,14H2,1-6H3,(H,25,26)(H,27,28)/t17?,18-/m0/s1. The Hall–Kier alpha value is -2.30. The first-order valence-corrected chi connectivity index (χ1v) is 10.8. The van der Waals surface area contributed by atoms with Gasteiger partial charge in [0.15, 0.2) is 0 Å². The Bertz CT molecular complexity index is 771. The van der Waals surface area contributed by atoms with Crippen molar-refractivity contribution >= 4 is 19.1 Å². The third kappa shape index (κ3) is 6.85. The molecule has 0 saturated carbocycles. The molecular formula is C22H35BN2O7. The van der Waals surface area contributed by atoms with E-state index in [9.17, 15) is 9.59 Å². The summed E-state index contributed by atoms with van der Waals surface area (Å²) in [5.41, 5.74) is 0.00494. The highest BCUT2D eigenvalue weighted by Gasteiger charge is 2.54. The van der Waals surface area contributed by atoms with Crippen molar-refractivity contribution in [2.45, 2.75) is 70.1 Å². The van der Waals surface area contributed by atoms with Crippen molar-refractivity contribution in [3.8, 4) is 5.75 Å². The fourth-order valence-electron chi connectivity index (χ4n) is 3.47. The maximum absolute atomic E-state index is 12.8. The molecule has 1 heterocycles. The number of hydrogen-bond donors (Lipinski definition) is 3. The lowest BCUT2D eigenvalue weighted by Crippen LogP contribution is -2.55. The first kappa shape index (κ1) is 26.0. The van der Waals surface area contributed by atoms with Crippen molar-refractivity contribution in [3.05, 3.63) is 29.8 Å². The molecule has 10 heteroatoms. The van der Waals surface area contributed by atoms with E-state index >= 15 is 0 Å². The molecule has 178 valence electrons. The maximum atomic E-state index is 12.8. The molecule has 1 unspecified atom stereocenters. The van der Waals surface area contributed by atoms with E-state index in [1.165, 1.54) is 7.11 Å². The Labute approximate surface area is 190 Å². The Balaban J connectivity index is 2.11. The van der Waals surface area contributed by atoms with Crippen LogP contribution < -0.4 is 15.4 Å². The molecule has 2 amide bonds. The minimum absolute atomic E-state index is 0.0853. The fraction of sp³-hybridized carbons (Fsp3) is 0.636. The van der Waals surface area contributed by atoms with Gasteiger partial charge in [-0.3, -0.25) is 4.79 Å². The second-order valence-corrected chi connectivity index (χ2v) is 8.94. The summed E-state index contributed by atoms with van der Waals surface area (Å²) in [6.45, 7) is 7.70. The topological polar surface area (TPSA) is 115 Å². The van der Waals surface area contributed by atoms with Crippen LogP contribution in [0.1, 0.15) is 46.1 Å². The van der Waals surface area contributed by atoms with Gasteiger partial charge in [-0.15, -0.1) is 0 Å². The van der Waals surface area contributed by atoms with Crippen molar-refractivity contribution < 1.29 is 33.5 Å². The molecule has 1 aliphatic heterocycles. The van der Waals surface area contributed by atoms with E-state index in [4.69, 9.17) is 23.9 Å². The second kappa shape index (κ2) is 11.0. The summed E-state index contributed by atoms with van der Waals surface area (Å²) in [5.74, 6) is -0.167. The lowest BCUT2D eigenvalue weighted by atomic mass is 9.75. The normalized spacial score (nSPS) is 18.6. The molecule has 2 rings (SSSR count). The molecule has 0 aromatic heterocycles. The molecule has 3 N–H and O–H groups in total. The van der Waals surface area contributed by atoms with Crippen molar-refractivity contribution in [2.75, 3.05) is 20.8 Å². The summed E-state index contributed by atoms with van der Waals surface area (Å²) in [4.78, 5) is 23.9. The molecule has 0 radical (unpaired) electrons. The summed E-state index contributed by atoms with van der Waals surface area (Å²) < 4.78 is 22.6. The number of amides is 2. The minimum atomic E-state index is -1.30. The summed E-state index contributed by atoms with van der Waals surface area (Å²) in [5, 5.41) is 14.1. The van der Waals surface area contributed by atoms with Gasteiger partial charge in [0.2, 0.25) is 5.91 Å². The molecule has 1 aromatic rings. The van der Waals surface area contributed by atoms with Crippen molar-refractivity contribution in [1.29, 1.82) is 0 Å². The molecule has 0 aliphatic carbocycles. The summed E-state index contributed by atoms with van der Waals surface area (Å²) >= 11 is 0. The van der Waals surface area contributed by atoms with Gasteiger partial charge in [0, 0.05) is 7.11 Å². The van der Waals surface area contributed by atoms with E-state index in [1.54, 1.807) is 7.11 Å². The molecule has 0 bridgehead atoms. The quantitative estimate of drug-likeness (QED) is 0.444. The van der Waals surface area contributed by atoms with Crippen LogP contribution in [0, 0.1) is 0 Å². The predicted octanol–water partition coefficient (Wildman–Crippen LogP) is 2.42. The third-order valence-corrected chi connectivity index (χ3v) is 5.99. The maximum Gasteiger partial charge on any atom is 0.481 e. The zero-order valence-corrected chi connectivity index (χ0v) is 19.8. The van der Waals surface area contributed by atoms with Crippen molar-refractivity contribution in [1.82, 2.24) is 10.6 Å². The van der Waals surface area contributed by atoms with Gasteiger partial charge < -0.3 is 34.5 Å². The van der Waals surface area contributed by atoms with Crippen LogP contribution in [-0.2, 0) is 25.3 Å². The fourth-order valence-corrected chi connectivity index (χ4v) is 3.47. The molecule has 2 atom stereocenters. The number of carbonyl (C=O) groups excluding carboxylic acids is 1. The number of carboxylic acid groups (broad SMARTS) is 1. The van der Waals surface area contributed by atoms with Crippen LogP contribution in [0.15, 0.2) is 24.3 Å². The van der Waals surface area contributed by atoms with Crippen LogP contribution >= 0.6 is 0 Å². The highest BCUT2D eigenvalue weighted by atomic mass is 16.7. The second-order valence-electron chi connectivity index (χ2n) is 8.94. The van der Waals surface area contributed by atoms with Crippen LogP contribution in [-0.4, -0.2) is 68.2 Å². The van der Waals surface area contributed by atoms with Crippen LogP contribution in [0.2, 0.25) is 0 Å². The third-order valence-electron chi connectivity index (χ3n) is 5.99. The number of methoxy groups -OCH3 is 2.